The minimum Gasteiger partial charge on any atom is -0.542 e. The fraction of sp³-hybridized carbons (Fsp3) is 0.111. The van der Waals surface area contributed by atoms with Crippen LogP contribution in [0, 0.1) is 0 Å². The maximum absolute atomic E-state index is 10.5. The molecule has 0 fully saturated rings. The van der Waals surface area contributed by atoms with Crippen molar-refractivity contribution in [2.24, 2.45) is 0 Å². The van der Waals surface area contributed by atoms with Gasteiger partial charge in [0.05, 0.1) is 0 Å². The third kappa shape index (κ3) is 5.61. The van der Waals surface area contributed by atoms with Gasteiger partial charge in [-0.2, -0.15) is 13.2 Å². The zero-order valence-electron chi connectivity index (χ0n) is 13.4. The summed E-state index contributed by atoms with van der Waals surface area (Å²) in [6, 6.07) is 20.6. The standard InChI is InChI=1S/C16H13O2Te.C2HF3O2/c1-17-14-9-7-12(8-10-14)15-11-16(19-18-15)13-5-3-2-4-6-13;3-2(4,5)1(6)7/h2-11H,1H3;(H,6,7)/q+1;/p-1. The topological polar surface area (TPSA) is 60.7 Å². The Balaban J connectivity index is 0.000000298. The van der Waals surface area contributed by atoms with Gasteiger partial charge < -0.3 is 9.90 Å². The molecule has 0 saturated heterocycles. The molecule has 4 nitrogen and oxygen atoms in total. The molecule has 0 aliphatic rings. The summed E-state index contributed by atoms with van der Waals surface area (Å²) in [5, 5.41) is 8.78. The quantitative estimate of drug-likeness (QED) is 0.429. The molecule has 0 amide bonds. The average Bonchev–Trinajstić information content (AvgIpc) is 3.12. The predicted molar refractivity (Wildman–Crippen MR) is 88.5 cm³/mol. The van der Waals surface area contributed by atoms with Crippen LogP contribution >= 0.6 is 0 Å². The molecule has 26 heavy (non-hydrogen) atoms. The first-order valence-electron chi connectivity index (χ1n) is 7.22. The maximum Gasteiger partial charge on any atom is 0.430 e. The summed E-state index contributed by atoms with van der Waals surface area (Å²) in [5.74, 6) is -1.16. The Kier molecular flexibility index (Phi) is 6.83. The molecule has 0 N–H and O–H groups in total. The molecule has 3 rings (SSSR count). The molecular formula is C18H13F3O4Te. The first-order chi connectivity index (χ1) is 12.3. The van der Waals surface area contributed by atoms with E-state index in [4.69, 9.17) is 17.4 Å². The molecule has 0 atom stereocenters. The van der Waals surface area contributed by atoms with Crippen molar-refractivity contribution in [1.82, 2.24) is 0 Å². The molecule has 0 aliphatic carbocycles. The summed E-state index contributed by atoms with van der Waals surface area (Å²) in [6.07, 6.45) is -5.19. The summed E-state index contributed by atoms with van der Waals surface area (Å²) in [7, 11) is 1.67. The van der Waals surface area contributed by atoms with Gasteiger partial charge in [0.1, 0.15) is 5.97 Å². The molecule has 0 radical (unpaired) electrons. The molecule has 0 bridgehead atoms. The van der Waals surface area contributed by atoms with Gasteiger partial charge in [0.25, 0.3) is 0 Å². The van der Waals surface area contributed by atoms with Crippen molar-refractivity contribution in [3.05, 3.63) is 60.7 Å². The number of ether oxygens (including phenoxy) is 1. The van der Waals surface area contributed by atoms with E-state index in [1.807, 2.05) is 30.3 Å². The van der Waals surface area contributed by atoms with Gasteiger partial charge in [-0.15, -0.1) is 0 Å². The van der Waals surface area contributed by atoms with Gasteiger partial charge in [0.2, 0.25) is 0 Å². The van der Waals surface area contributed by atoms with Gasteiger partial charge in [-0.05, 0) is 0 Å². The van der Waals surface area contributed by atoms with E-state index in [2.05, 4.69) is 30.3 Å². The molecule has 0 aliphatic heterocycles. The number of methoxy groups -OCH3 is 1. The van der Waals surface area contributed by atoms with Crippen molar-refractivity contribution < 1.29 is 30.6 Å². The molecule has 136 valence electrons. The van der Waals surface area contributed by atoms with E-state index in [9.17, 15) is 13.2 Å². The Morgan fingerprint density at radius 3 is 2.12 bits per heavy atom. The van der Waals surface area contributed by atoms with Crippen LogP contribution in [-0.4, -0.2) is 40.1 Å². The fourth-order valence-electron chi connectivity index (χ4n) is 1.88. The van der Waals surface area contributed by atoms with Crippen LogP contribution in [0.4, 0.5) is 13.2 Å². The number of carboxylic acids is 1. The Morgan fingerprint density at radius 2 is 1.62 bits per heavy atom. The van der Waals surface area contributed by atoms with Gasteiger partial charge >= 0.3 is 129 Å². The van der Waals surface area contributed by atoms with Crippen LogP contribution in [0.1, 0.15) is 0 Å². The Labute approximate surface area is 157 Å². The second kappa shape index (κ2) is 8.88. The largest absolute Gasteiger partial charge is 0.542 e. The summed E-state index contributed by atoms with van der Waals surface area (Å²) >= 11 is -0.572. The molecule has 2 aromatic carbocycles. The van der Waals surface area contributed by atoms with Crippen LogP contribution < -0.4 is 9.84 Å². The molecule has 0 spiro atoms. The van der Waals surface area contributed by atoms with Gasteiger partial charge in [0.15, 0.2) is 0 Å². The normalized spacial score (nSPS) is 10.6. The van der Waals surface area contributed by atoms with Crippen LogP contribution in [0.25, 0.3) is 20.5 Å². The first-order valence-corrected chi connectivity index (χ1v) is 9.34. The van der Waals surface area contributed by atoms with E-state index in [1.54, 1.807) is 7.11 Å². The van der Waals surface area contributed by atoms with Crippen LogP contribution in [0.15, 0.2) is 63.4 Å². The Bertz CT molecular complexity index is 843. The second-order valence-electron chi connectivity index (χ2n) is 4.92. The number of rotatable bonds is 3. The van der Waals surface area contributed by atoms with Crippen molar-refractivity contribution in [2.45, 2.75) is 6.18 Å². The Morgan fingerprint density at radius 1 is 1.04 bits per heavy atom. The number of benzene rings is 2. The van der Waals surface area contributed by atoms with E-state index >= 15 is 0 Å². The number of hydrogen-bond acceptors (Lipinski definition) is 3. The van der Waals surface area contributed by atoms with Crippen LogP contribution in [0.3, 0.4) is 0 Å². The van der Waals surface area contributed by atoms with E-state index in [-0.39, 0.29) is 0 Å². The minimum absolute atomic E-state index is 0.572. The third-order valence-electron chi connectivity index (χ3n) is 3.15. The predicted octanol–water partition coefficient (Wildman–Crippen LogP) is 3.26. The zero-order chi connectivity index (χ0) is 19.2. The third-order valence-corrected chi connectivity index (χ3v) is 5.42. The van der Waals surface area contributed by atoms with Crippen molar-refractivity contribution in [1.29, 1.82) is 0 Å². The van der Waals surface area contributed by atoms with E-state index in [1.165, 1.54) is 9.14 Å². The van der Waals surface area contributed by atoms with Crippen molar-refractivity contribution in [2.75, 3.05) is 7.11 Å². The number of hydrogen-bond donors (Lipinski definition) is 0. The molecular weight excluding hydrogens is 465 g/mol. The van der Waals surface area contributed by atoms with Crippen LogP contribution in [0.5, 0.6) is 5.75 Å². The van der Waals surface area contributed by atoms with Crippen molar-refractivity contribution in [3.63, 3.8) is 0 Å². The van der Waals surface area contributed by atoms with Gasteiger partial charge in [-0.3, -0.25) is 0 Å². The number of halogens is 3. The monoisotopic (exact) mass is 480 g/mol. The van der Waals surface area contributed by atoms with E-state index in [0.717, 1.165) is 17.1 Å². The minimum atomic E-state index is -5.19. The van der Waals surface area contributed by atoms with Gasteiger partial charge in [0, 0.05) is 0 Å². The molecule has 1 aromatic heterocycles. The van der Waals surface area contributed by atoms with E-state index < -0.39 is 33.0 Å². The van der Waals surface area contributed by atoms with E-state index in [0.29, 0.717) is 0 Å². The SMILES string of the molecule is COc1ccc(-c2cc(-c3ccccc3)[te][o+]2)cc1.O=C([O-])C(F)(F)F. The zero-order valence-corrected chi connectivity index (χ0v) is 15.8. The van der Waals surface area contributed by atoms with Crippen LogP contribution in [0.2, 0.25) is 0 Å². The smallest absolute Gasteiger partial charge is 0.430 e. The van der Waals surface area contributed by atoms with Gasteiger partial charge in [-0.25, -0.2) is 0 Å². The number of aliphatic carboxylic acids is 1. The molecule has 8 heteroatoms. The Hall–Kier alpha value is -2.30. The summed E-state index contributed by atoms with van der Waals surface area (Å²) in [6.45, 7) is 0. The summed E-state index contributed by atoms with van der Waals surface area (Å²) in [4.78, 5) is 8.78. The number of carboxylic acid groups (broad SMARTS) is 1. The number of carbonyl (C=O) groups excluding carboxylic acids is 1. The first kappa shape index (κ1) is 20.0. The molecule has 3 aromatic rings. The summed E-state index contributed by atoms with van der Waals surface area (Å²) < 4.78 is 44.0. The number of carbonyl (C=O) groups is 1. The second-order valence-corrected chi connectivity index (χ2v) is 7.13. The molecule has 0 unspecified atom stereocenters. The maximum atomic E-state index is 10.5. The molecule has 0 saturated carbocycles. The molecule has 1 heterocycles. The average molecular weight is 478 g/mol. The summed E-state index contributed by atoms with van der Waals surface area (Å²) in [5.41, 5.74) is 2.38. The van der Waals surface area contributed by atoms with Gasteiger partial charge in [-0.1, -0.05) is 0 Å². The van der Waals surface area contributed by atoms with Crippen LogP contribution in [-0.2, 0) is 4.79 Å². The fourth-order valence-corrected chi connectivity index (χ4v) is 3.91. The van der Waals surface area contributed by atoms with Crippen molar-refractivity contribution in [3.8, 4) is 26.2 Å². The number of alkyl halides is 3. The van der Waals surface area contributed by atoms with Crippen molar-refractivity contribution >= 4 is 26.8 Å².